The SMILES string of the molecule is CN(C)C(=O)CN1CCCN(CC(=O)Nc2cccc(I)c2)CC1. The molecule has 2 rings (SSSR count). The third-order valence-corrected chi connectivity index (χ3v) is 4.69. The summed E-state index contributed by atoms with van der Waals surface area (Å²) in [4.78, 5) is 30.0. The molecule has 0 radical (unpaired) electrons. The molecule has 132 valence electrons. The average Bonchev–Trinajstić information content (AvgIpc) is 2.72. The van der Waals surface area contributed by atoms with E-state index >= 15 is 0 Å². The number of hydrogen-bond donors (Lipinski definition) is 1. The zero-order valence-electron chi connectivity index (χ0n) is 14.3. The monoisotopic (exact) mass is 444 g/mol. The van der Waals surface area contributed by atoms with Crippen LogP contribution in [-0.2, 0) is 9.59 Å². The fourth-order valence-electron chi connectivity index (χ4n) is 2.64. The van der Waals surface area contributed by atoms with E-state index < -0.39 is 0 Å². The summed E-state index contributed by atoms with van der Waals surface area (Å²) < 4.78 is 1.10. The lowest BCUT2D eigenvalue weighted by Crippen LogP contribution is -2.39. The molecule has 0 unspecified atom stereocenters. The molecule has 7 heteroatoms. The first-order valence-corrected chi connectivity index (χ1v) is 9.22. The molecule has 0 aromatic heterocycles. The highest BCUT2D eigenvalue weighted by Crippen LogP contribution is 2.12. The third kappa shape index (κ3) is 6.37. The van der Waals surface area contributed by atoms with Crippen molar-refractivity contribution in [2.45, 2.75) is 6.42 Å². The number of amides is 2. The Morgan fingerprint density at radius 3 is 2.42 bits per heavy atom. The molecule has 1 fully saturated rings. The summed E-state index contributed by atoms with van der Waals surface area (Å²) in [5.41, 5.74) is 0.833. The fourth-order valence-corrected chi connectivity index (χ4v) is 3.19. The Morgan fingerprint density at radius 1 is 1.12 bits per heavy atom. The minimum absolute atomic E-state index is 0.00909. The highest BCUT2D eigenvalue weighted by molar-refractivity contribution is 14.1. The van der Waals surface area contributed by atoms with E-state index in [2.05, 4.69) is 37.7 Å². The zero-order chi connectivity index (χ0) is 17.5. The van der Waals surface area contributed by atoms with Gasteiger partial charge in [-0.2, -0.15) is 0 Å². The molecular formula is C17H25IN4O2. The van der Waals surface area contributed by atoms with Gasteiger partial charge >= 0.3 is 0 Å². The predicted molar refractivity (Wildman–Crippen MR) is 104 cm³/mol. The van der Waals surface area contributed by atoms with Gasteiger partial charge in [0.1, 0.15) is 0 Å². The molecule has 0 bridgehead atoms. The second kappa shape index (κ2) is 9.33. The maximum atomic E-state index is 12.2. The van der Waals surface area contributed by atoms with Gasteiger partial charge in [-0.1, -0.05) is 6.07 Å². The van der Waals surface area contributed by atoms with Crippen LogP contribution in [0.1, 0.15) is 6.42 Å². The van der Waals surface area contributed by atoms with Crippen molar-refractivity contribution in [3.05, 3.63) is 27.8 Å². The number of halogens is 1. The topological polar surface area (TPSA) is 55.9 Å². The van der Waals surface area contributed by atoms with E-state index in [1.165, 1.54) is 0 Å². The number of carbonyl (C=O) groups excluding carboxylic acids is 2. The Bertz CT molecular complexity index is 579. The van der Waals surface area contributed by atoms with Gasteiger partial charge in [-0.3, -0.25) is 19.4 Å². The first-order valence-electron chi connectivity index (χ1n) is 8.14. The number of hydrogen-bond acceptors (Lipinski definition) is 4. The van der Waals surface area contributed by atoms with Crippen LogP contribution >= 0.6 is 22.6 Å². The van der Waals surface area contributed by atoms with Gasteiger partial charge in [0.05, 0.1) is 13.1 Å². The molecular weight excluding hydrogens is 419 g/mol. The van der Waals surface area contributed by atoms with Crippen molar-refractivity contribution in [1.82, 2.24) is 14.7 Å². The normalized spacial score (nSPS) is 16.5. The summed E-state index contributed by atoms with van der Waals surface area (Å²) in [5.74, 6) is 0.134. The van der Waals surface area contributed by atoms with Gasteiger partial charge in [-0.15, -0.1) is 0 Å². The Morgan fingerprint density at radius 2 is 1.79 bits per heavy atom. The highest BCUT2D eigenvalue weighted by Gasteiger charge is 2.19. The zero-order valence-corrected chi connectivity index (χ0v) is 16.5. The van der Waals surface area contributed by atoms with Gasteiger partial charge in [-0.05, 0) is 60.3 Å². The number of likely N-dealkylation sites (N-methyl/N-ethyl adjacent to an activating group) is 1. The Hall–Kier alpha value is -1.19. The molecule has 1 N–H and O–H groups in total. The smallest absolute Gasteiger partial charge is 0.238 e. The van der Waals surface area contributed by atoms with Crippen LogP contribution in [0.2, 0.25) is 0 Å². The van der Waals surface area contributed by atoms with Crippen molar-refractivity contribution >= 4 is 40.1 Å². The average molecular weight is 444 g/mol. The minimum Gasteiger partial charge on any atom is -0.348 e. The Balaban J connectivity index is 1.79. The number of nitrogens with one attached hydrogen (secondary N) is 1. The minimum atomic E-state index is 0.00909. The van der Waals surface area contributed by atoms with Crippen molar-refractivity contribution in [2.24, 2.45) is 0 Å². The standard InChI is InChI=1S/C17H25IN4O2/c1-20(2)17(24)13-22-8-4-7-21(9-10-22)12-16(23)19-15-6-3-5-14(18)11-15/h3,5-6,11H,4,7-10,12-13H2,1-2H3,(H,19,23). The van der Waals surface area contributed by atoms with Gasteiger partial charge in [0.15, 0.2) is 0 Å². The van der Waals surface area contributed by atoms with E-state index in [0.29, 0.717) is 13.1 Å². The molecule has 0 aliphatic carbocycles. The molecule has 0 atom stereocenters. The summed E-state index contributed by atoms with van der Waals surface area (Å²) in [6, 6.07) is 7.78. The molecule has 0 saturated carbocycles. The molecule has 1 aliphatic rings. The van der Waals surface area contributed by atoms with E-state index in [9.17, 15) is 9.59 Å². The van der Waals surface area contributed by atoms with Crippen LogP contribution in [0.15, 0.2) is 24.3 Å². The Kier molecular flexibility index (Phi) is 7.44. The summed E-state index contributed by atoms with van der Waals surface area (Å²) in [6.45, 7) is 4.24. The molecule has 6 nitrogen and oxygen atoms in total. The molecule has 1 aliphatic heterocycles. The maximum Gasteiger partial charge on any atom is 0.238 e. The van der Waals surface area contributed by atoms with Crippen LogP contribution in [0.3, 0.4) is 0 Å². The third-order valence-electron chi connectivity index (χ3n) is 4.01. The molecule has 2 amide bonds. The maximum absolute atomic E-state index is 12.2. The number of rotatable bonds is 5. The van der Waals surface area contributed by atoms with Crippen molar-refractivity contribution in [3.63, 3.8) is 0 Å². The summed E-state index contributed by atoms with van der Waals surface area (Å²) in [6.07, 6.45) is 0.969. The molecule has 0 spiro atoms. The number of carbonyl (C=O) groups is 2. The molecule has 1 heterocycles. The van der Waals surface area contributed by atoms with E-state index in [-0.39, 0.29) is 11.8 Å². The van der Waals surface area contributed by atoms with E-state index in [4.69, 9.17) is 0 Å². The van der Waals surface area contributed by atoms with Crippen molar-refractivity contribution in [3.8, 4) is 0 Å². The summed E-state index contributed by atoms with van der Waals surface area (Å²) in [7, 11) is 3.56. The van der Waals surface area contributed by atoms with Gasteiger partial charge < -0.3 is 10.2 Å². The largest absolute Gasteiger partial charge is 0.348 e. The number of benzene rings is 1. The van der Waals surface area contributed by atoms with Gasteiger partial charge in [0.2, 0.25) is 11.8 Å². The molecule has 24 heavy (non-hydrogen) atoms. The van der Waals surface area contributed by atoms with Crippen LogP contribution < -0.4 is 5.32 Å². The van der Waals surface area contributed by atoms with Crippen LogP contribution in [0.4, 0.5) is 5.69 Å². The molecule has 1 aromatic rings. The highest BCUT2D eigenvalue weighted by atomic mass is 127. The fraction of sp³-hybridized carbons (Fsp3) is 0.529. The molecule has 1 saturated heterocycles. The summed E-state index contributed by atoms with van der Waals surface area (Å²) in [5, 5.41) is 2.95. The van der Waals surface area contributed by atoms with Crippen LogP contribution in [0.25, 0.3) is 0 Å². The van der Waals surface area contributed by atoms with Gasteiger partial charge in [0, 0.05) is 36.4 Å². The lowest BCUT2D eigenvalue weighted by molar-refractivity contribution is -0.129. The summed E-state index contributed by atoms with van der Waals surface area (Å²) >= 11 is 2.23. The lowest BCUT2D eigenvalue weighted by Gasteiger charge is -2.22. The predicted octanol–water partition coefficient (Wildman–Crippen LogP) is 1.33. The van der Waals surface area contributed by atoms with Gasteiger partial charge in [0.25, 0.3) is 0 Å². The van der Waals surface area contributed by atoms with Crippen molar-refractivity contribution in [1.29, 1.82) is 0 Å². The first-order chi connectivity index (χ1) is 11.4. The van der Waals surface area contributed by atoms with E-state index in [1.54, 1.807) is 19.0 Å². The Labute approximate surface area is 157 Å². The van der Waals surface area contributed by atoms with E-state index in [0.717, 1.165) is 41.9 Å². The van der Waals surface area contributed by atoms with Gasteiger partial charge in [-0.25, -0.2) is 0 Å². The number of anilines is 1. The van der Waals surface area contributed by atoms with Crippen LogP contribution in [-0.4, -0.2) is 79.9 Å². The second-order valence-electron chi connectivity index (χ2n) is 6.25. The first kappa shape index (κ1) is 19.1. The molecule has 1 aromatic carbocycles. The van der Waals surface area contributed by atoms with Crippen LogP contribution in [0.5, 0.6) is 0 Å². The number of nitrogens with zero attached hydrogens (tertiary/aromatic N) is 3. The van der Waals surface area contributed by atoms with E-state index in [1.807, 2.05) is 24.3 Å². The second-order valence-corrected chi connectivity index (χ2v) is 7.50. The quantitative estimate of drug-likeness (QED) is 0.697. The van der Waals surface area contributed by atoms with Crippen molar-refractivity contribution in [2.75, 3.05) is 58.7 Å². The van der Waals surface area contributed by atoms with Crippen molar-refractivity contribution < 1.29 is 9.59 Å². The van der Waals surface area contributed by atoms with Crippen LogP contribution in [0, 0.1) is 3.57 Å². The lowest BCUT2D eigenvalue weighted by atomic mass is 10.3.